The third kappa shape index (κ3) is 3.41. The van der Waals surface area contributed by atoms with Crippen LogP contribution in [0.5, 0.6) is 0 Å². The fourth-order valence-electron chi connectivity index (χ4n) is 3.38. The van der Waals surface area contributed by atoms with Gasteiger partial charge in [0, 0.05) is 45.0 Å². The fourth-order valence-corrected chi connectivity index (χ4v) is 3.38. The molecule has 1 fully saturated rings. The van der Waals surface area contributed by atoms with Crippen LogP contribution in [0.2, 0.25) is 0 Å². The smallest absolute Gasteiger partial charge is 0.292 e. The maximum Gasteiger partial charge on any atom is 0.292 e. The van der Waals surface area contributed by atoms with Gasteiger partial charge in [-0.3, -0.25) is 10.1 Å². The Morgan fingerprint density at radius 1 is 1.46 bits per heavy atom. The number of aliphatic hydroxyl groups excluding tert-OH is 1. The van der Waals surface area contributed by atoms with Crippen molar-refractivity contribution in [2.75, 3.05) is 18.0 Å². The number of nitrogens with zero attached hydrogens (tertiary/aromatic N) is 4. The molecule has 0 spiro atoms. The monoisotopic (exact) mass is 330 g/mol. The minimum atomic E-state index is -0.348. The van der Waals surface area contributed by atoms with E-state index in [1.165, 1.54) is 6.07 Å². The third-order valence-corrected chi connectivity index (χ3v) is 4.67. The molecule has 0 radical (unpaired) electrons. The Labute approximate surface area is 140 Å². The highest BCUT2D eigenvalue weighted by Crippen LogP contribution is 2.33. The first kappa shape index (κ1) is 16.4. The Morgan fingerprint density at radius 3 is 2.96 bits per heavy atom. The average Bonchev–Trinajstić information content (AvgIpc) is 2.99. The van der Waals surface area contributed by atoms with Gasteiger partial charge < -0.3 is 14.6 Å². The van der Waals surface area contributed by atoms with Gasteiger partial charge in [-0.1, -0.05) is 0 Å². The van der Waals surface area contributed by atoms with Crippen molar-refractivity contribution in [1.29, 1.82) is 0 Å². The summed E-state index contributed by atoms with van der Waals surface area (Å²) in [5, 5.41) is 20.7. The van der Waals surface area contributed by atoms with Crippen LogP contribution in [0.1, 0.15) is 24.2 Å². The van der Waals surface area contributed by atoms with E-state index >= 15 is 0 Å². The lowest BCUT2D eigenvalue weighted by Crippen LogP contribution is -2.37. The summed E-state index contributed by atoms with van der Waals surface area (Å²) in [6.45, 7) is 1.45. The number of aliphatic hydroxyl groups is 1. The van der Waals surface area contributed by atoms with Gasteiger partial charge >= 0.3 is 0 Å². The van der Waals surface area contributed by atoms with Gasteiger partial charge in [-0.05, 0) is 36.5 Å². The molecule has 1 N–H and O–H groups in total. The summed E-state index contributed by atoms with van der Waals surface area (Å²) in [7, 11) is 1.98. The summed E-state index contributed by atoms with van der Waals surface area (Å²) >= 11 is 0. The summed E-state index contributed by atoms with van der Waals surface area (Å²) in [6, 6.07) is 4.83. The zero-order valence-corrected chi connectivity index (χ0v) is 13.8. The molecule has 1 aromatic heterocycles. The van der Waals surface area contributed by atoms with Crippen LogP contribution in [-0.2, 0) is 20.1 Å². The number of aryl methyl sites for hydroxylation is 1. The van der Waals surface area contributed by atoms with E-state index < -0.39 is 0 Å². The van der Waals surface area contributed by atoms with Crippen LogP contribution in [-0.4, -0.2) is 32.7 Å². The van der Waals surface area contributed by atoms with Crippen molar-refractivity contribution in [2.24, 2.45) is 13.0 Å². The minimum Gasteiger partial charge on any atom is -0.392 e. The lowest BCUT2D eigenvalue weighted by Gasteiger charge is -2.34. The highest BCUT2D eigenvalue weighted by molar-refractivity contribution is 5.64. The van der Waals surface area contributed by atoms with Crippen molar-refractivity contribution in [3.63, 3.8) is 0 Å². The molecule has 2 aromatic rings. The molecule has 1 aromatic carbocycles. The standard InChI is InChI=1S/C17H22N4O3/c1-19-8-6-18-17(19)10-13-3-2-7-20(11-13)16-9-14(12-22)4-5-15(16)21(23)24/h4-6,8-9,13,22H,2-3,7,10-12H2,1H3. The van der Waals surface area contributed by atoms with Crippen LogP contribution in [0.4, 0.5) is 11.4 Å². The Bertz CT molecular complexity index is 728. The first-order chi connectivity index (χ1) is 11.6. The summed E-state index contributed by atoms with van der Waals surface area (Å²) in [4.78, 5) is 17.5. The third-order valence-electron chi connectivity index (χ3n) is 4.67. The number of imidazole rings is 1. The minimum absolute atomic E-state index is 0.102. The highest BCUT2D eigenvalue weighted by atomic mass is 16.6. The highest BCUT2D eigenvalue weighted by Gasteiger charge is 2.26. The molecule has 2 heterocycles. The first-order valence-corrected chi connectivity index (χ1v) is 8.18. The second kappa shape index (κ2) is 7.00. The maximum atomic E-state index is 11.3. The molecule has 7 nitrogen and oxygen atoms in total. The van der Waals surface area contributed by atoms with Gasteiger partial charge in [0.1, 0.15) is 11.5 Å². The number of hydrogen-bond acceptors (Lipinski definition) is 5. The van der Waals surface area contributed by atoms with Crippen LogP contribution in [0.3, 0.4) is 0 Å². The first-order valence-electron chi connectivity index (χ1n) is 8.18. The second-order valence-electron chi connectivity index (χ2n) is 6.35. The van der Waals surface area contributed by atoms with Crippen LogP contribution < -0.4 is 4.90 Å². The number of hydrogen-bond donors (Lipinski definition) is 1. The van der Waals surface area contributed by atoms with Crippen LogP contribution in [0.25, 0.3) is 0 Å². The largest absolute Gasteiger partial charge is 0.392 e. The van der Waals surface area contributed by atoms with Gasteiger partial charge in [-0.2, -0.15) is 0 Å². The molecule has 3 rings (SSSR count). The van der Waals surface area contributed by atoms with E-state index in [-0.39, 0.29) is 17.2 Å². The number of piperidine rings is 1. The second-order valence-corrected chi connectivity index (χ2v) is 6.35. The predicted molar refractivity (Wildman–Crippen MR) is 90.9 cm³/mol. The molecule has 0 saturated carbocycles. The quantitative estimate of drug-likeness (QED) is 0.671. The Balaban J connectivity index is 1.81. The molecule has 1 aliphatic rings. The summed E-state index contributed by atoms with van der Waals surface area (Å²) in [5.41, 5.74) is 1.41. The van der Waals surface area contributed by atoms with Gasteiger partial charge in [0.15, 0.2) is 0 Å². The van der Waals surface area contributed by atoms with Gasteiger partial charge in [0.2, 0.25) is 0 Å². The molecule has 0 bridgehead atoms. The van der Waals surface area contributed by atoms with Crippen LogP contribution >= 0.6 is 0 Å². The van der Waals surface area contributed by atoms with Crippen molar-refractivity contribution in [3.05, 3.63) is 52.1 Å². The lowest BCUT2D eigenvalue weighted by atomic mass is 9.93. The zero-order valence-electron chi connectivity index (χ0n) is 13.8. The molecular weight excluding hydrogens is 308 g/mol. The van der Waals surface area contributed by atoms with Gasteiger partial charge in [-0.15, -0.1) is 0 Å². The summed E-state index contributed by atoms with van der Waals surface area (Å²) < 4.78 is 2.02. The van der Waals surface area contributed by atoms with Crippen molar-refractivity contribution in [1.82, 2.24) is 9.55 Å². The van der Waals surface area contributed by atoms with E-state index in [1.54, 1.807) is 18.3 Å². The van der Waals surface area contributed by atoms with Crippen molar-refractivity contribution in [2.45, 2.75) is 25.9 Å². The fraction of sp³-hybridized carbons (Fsp3) is 0.471. The normalized spacial score (nSPS) is 17.9. The SMILES string of the molecule is Cn1ccnc1CC1CCCN(c2cc(CO)ccc2[N+](=O)[O-])C1. The Kier molecular flexibility index (Phi) is 4.80. The lowest BCUT2D eigenvalue weighted by molar-refractivity contribution is -0.384. The van der Waals surface area contributed by atoms with Crippen LogP contribution in [0, 0.1) is 16.0 Å². The Hall–Kier alpha value is -2.41. The van der Waals surface area contributed by atoms with E-state index in [0.29, 0.717) is 17.2 Å². The average molecular weight is 330 g/mol. The Morgan fingerprint density at radius 2 is 2.29 bits per heavy atom. The van der Waals surface area contributed by atoms with E-state index in [0.717, 1.165) is 38.2 Å². The molecule has 128 valence electrons. The molecule has 0 aliphatic carbocycles. The predicted octanol–water partition coefficient (Wildman–Crippen LogP) is 2.28. The van der Waals surface area contributed by atoms with Gasteiger partial charge in [0.25, 0.3) is 5.69 Å². The van der Waals surface area contributed by atoms with Crippen molar-refractivity contribution in [3.8, 4) is 0 Å². The molecule has 7 heteroatoms. The summed E-state index contributed by atoms with van der Waals surface area (Å²) in [5.74, 6) is 1.46. The molecule has 0 amide bonds. The molecule has 1 unspecified atom stereocenters. The van der Waals surface area contributed by atoms with E-state index in [2.05, 4.69) is 9.88 Å². The molecule has 24 heavy (non-hydrogen) atoms. The van der Waals surface area contributed by atoms with Crippen molar-refractivity contribution >= 4 is 11.4 Å². The van der Waals surface area contributed by atoms with Crippen LogP contribution in [0.15, 0.2) is 30.6 Å². The van der Waals surface area contributed by atoms with E-state index in [4.69, 9.17) is 0 Å². The van der Waals surface area contributed by atoms with E-state index in [1.807, 2.05) is 17.8 Å². The van der Waals surface area contributed by atoms with Gasteiger partial charge in [0.05, 0.1) is 11.5 Å². The molecule has 1 atom stereocenters. The summed E-state index contributed by atoms with van der Waals surface area (Å²) in [6.07, 6.45) is 6.69. The number of rotatable bonds is 5. The molecule has 1 aliphatic heterocycles. The van der Waals surface area contributed by atoms with E-state index in [9.17, 15) is 15.2 Å². The number of nitro benzene ring substituents is 1. The number of anilines is 1. The molecular formula is C17H22N4O3. The number of aromatic nitrogens is 2. The van der Waals surface area contributed by atoms with Gasteiger partial charge in [-0.25, -0.2) is 4.98 Å². The number of benzene rings is 1. The van der Waals surface area contributed by atoms with Crippen molar-refractivity contribution < 1.29 is 10.0 Å². The zero-order chi connectivity index (χ0) is 17.1. The number of nitro groups is 1. The molecule has 1 saturated heterocycles. The maximum absolute atomic E-state index is 11.3. The topological polar surface area (TPSA) is 84.4 Å².